The first-order valence-electron chi connectivity index (χ1n) is 4.77. The van der Waals surface area contributed by atoms with Crippen molar-refractivity contribution in [2.24, 2.45) is 5.73 Å². The van der Waals surface area contributed by atoms with E-state index in [2.05, 4.69) is 9.97 Å². The molecule has 0 radical (unpaired) electrons. The largest absolute Gasteiger partial charge is 0.382 e. The van der Waals surface area contributed by atoms with Gasteiger partial charge in [-0.1, -0.05) is 29.8 Å². The fourth-order valence-corrected chi connectivity index (χ4v) is 1.61. The van der Waals surface area contributed by atoms with E-state index in [1.807, 2.05) is 6.07 Å². The standard InChI is InChI=1S/C11H9ClN4O/c12-7-4-2-1-3-6(7)8-5-15-10(13)9(16-8)11(14)17/h1-5H,(H2,13,15)(H2,14,17). The van der Waals surface area contributed by atoms with Crippen molar-refractivity contribution in [3.63, 3.8) is 0 Å². The predicted octanol–water partition coefficient (Wildman–Crippen LogP) is 1.48. The Morgan fingerprint density at radius 2 is 2.00 bits per heavy atom. The third-order valence-corrected chi connectivity index (χ3v) is 2.51. The number of halogens is 1. The fourth-order valence-electron chi connectivity index (χ4n) is 1.38. The monoisotopic (exact) mass is 248 g/mol. The Morgan fingerprint density at radius 1 is 1.29 bits per heavy atom. The third-order valence-electron chi connectivity index (χ3n) is 2.18. The van der Waals surface area contributed by atoms with E-state index in [0.29, 0.717) is 16.3 Å². The van der Waals surface area contributed by atoms with Crippen LogP contribution in [0.3, 0.4) is 0 Å². The summed E-state index contributed by atoms with van der Waals surface area (Å²) < 4.78 is 0. The molecule has 1 heterocycles. The lowest BCUT2D eigenvalue weighted by molar-refractivity contribution is 0.0996. The van der Waals surface area contributed by atoms with Crippen LogP contribution in [0.4, 0.5) is 5.82 Å². The first kappa shape index (κ1) is 11.3. The van der Waals surface area contributed by atoms with Crippen molar-refractivity contribution < 1.29 is 4.79 Å². The molecular formula is C11H9ClN4O. The Kier molecular flexibility index (Phi) is 2.93. The van der Waals surface area contributed by atoms with Crippen LogP contribution in [0.2, 0.25) is 5.02 Å². The molecule has 2 rings (SSSR count). The van der Waals surface area contributed by atoms with Gasteiger partial charge in [-0.25, -0.2) is 9.97 Å². The van der Waals surface area contributed by atoms with E-state index >= 15 is 0 Å². The molecule has 0 bridgehead atoms. The molecule has 0 unspecified atom stereocenters. The van der Waals surface area contributed by atoms with E-state index < -0.39 is 5.91 Å². The second-order valence-electron chi connectivity index (χ2n) is 3.33. The Hall–Kier alpha value is -2.14. The van der Waals surface area contributed by atoms with Gasteiger partial charge in [0, 0.05) is 5.56 Å². The smallest absolute Gasteiger partial charge is 0.271 e. The molecule has 5 nitrogen and oxygen atoms in total. The van der Waals surface area contributed by atoms with Crippen LogP contribution >= 0.6 is 11.6 Å². The lowest BCUT2D eigenvalue weighted by atomic mass is 10.1. The minimum Gasteiger partial charge on any atom is -0.382 e. The average Bonchev–Trinajstić information content (AvgIpc) is 2.30. The van der Waals surface area contributed by atoms with Gasteiger partial charge < -0.3 is 11.5 Å². The summed E-state index contributed by atoms with van der Waals surface area (Å²) in [6.45, 7) is 0. The molecule has 4 N–H and O–H groups in total. The van der Waals surface area contributed by atoms with Crippen LogP contribution in [0, 0.1) is 0 Å². The number of nitrogens with zero attached hydrogens (tertiary/aromatic N) is 2. The fraction of sp³-hybridized carbons (Fsp3) is 0. The zero-order valence-corrected chi connectivity index (χ0v) is 9.48. The number of hydrogen-bond donors (Lipinski definition) is 2. The van der Waals surface area contributed by atoms with Crippen LogP contribution in [0.25, 0.3) is 11.3 Å². The number of amides is 1. The van der Waals surface area contributed by atoms with Crippen LogP contribution in [0.15, 0.2) is 30.5 Å². The van der Waals surface area contributed by atoms with Crippen LogP contribution in [0.1, 0.15) is 10.5 Å². The van der Waals surface area contributed by atoms with Crippen molar-refractivity contribution in [3.05, 3.63) is 41.2 Å². The molecule has 0 spiro atoms. The first-order chi connectivity index (χ1) is 8.09. The van der Waals surface area contributed by atoms with Gasteiger partial charge in [0.15, 0.2) is 11.5 Å². The van der Waals surface area contributed by atoms with E-state index in [1.165, 1.54) is 6.20 Å². The molecule has 2 aromatic rings. The van der Waals surface area contributed by atoms with Gasteiger partial charge in [-0.3, -0.25) is 4.79 Å². The second kappa shape index (κ2) is 4.39. The third kappa shape index (κ3) is 2.19. The molecule has 86 valence electrons. The number of aromatic nitrogens is 2. The first-order valence-corrected chi connectivity index (χ1v) is 5.14. The minimum absolute atomic E-state index is 0.00769. The van der Waals surface area contributed by atoms with E-state index in [-0.39, 0.29) is 11.5 Å². The normalized spacial score (nSPS) is 10.2. The Labute approximate surface area is 102 Å². The van der Waals surface area contributed by atoms with E-state index in [4.69, 9.17) is 23.1 Å². The molecule has 0 fully saturated rings. The molecule has 0 aliphatic carbocycles. The molecule has 1 aromatic carbocycles. The Morgan fingerprint density at radius 3 is 2.65 bits per heavy atom. The van der Waals surface area contributed by atoms with E-state index in [9.17, 15) is 4.79 Å². The van der Waals surface area contributed by atoms with Gasteiger partial charge >= 0.3 is 0 Å². The van der Waals surface area contributed by atoms with Crippen LogP contribution < -0.4 is 11.5 Å². The molecule has 17 heavy (non-hydrogen) atoms. The molecule has 6 heteroatoms. The molecule has 1 aromatic heterocycles. The lowest BCUT2D eigenvalue weighted by Gasteiger charge is -2.05. The van der Waals surface area contributed by atoms with Gasteiger partial charge in [0.25, 0.3) is 5.91 Å². The number of primary amides is 1. The number of carbonyl (C=O) groups excluding carboxylic acids is 1. The van der Waals surface area contributed by atoms with Gasteiger partial charge in [-0.05, 0) is 6.07 Å². The number of nitrogens with two attached hydrogens (primary N) is 2. The predicted molar refractivity (Wildman–Crippen MR) is 65.4 cm³/mol. The number of rotatable bonds is 2. The highest BCUT2D eigenvalue weighted by atomic mass is 35.5. The molecule has 0 aliphatic rings. The van der Waals surface area contributed by atoms with Crippen molar-refractivity contribution in [2.45, 2.75) is 0 Å². The van der Waals surface area contributed by atoms with Gasteiger partial charge in [-0.2, -0.15) is 0 Å². The summed E-state index contributed by atoms with van der Waals surface area (Å²) in [5.41, 5.74) is 11.7. The summed E-state index contributed by atoms with van der Waals surface area (Å²) in [7, 11) is 0. The van der Waals surface area contributed by atoms with Crippen molar-refractivity contribution in [3.8, 4) is 11.3 Å². The highest BCUT2D eigenvalue weighted by Gasteiger charge is 2.12. The van der Waals surface area contributed by atoms with Crippen molar-refractivity contribution in [2.75, 3.05) is 5.73 Å². The SMILES string of the molecule is NC(=O)c1nc(-c2ccccc2Cl)cnc1N. The van der Waals surface area contributed by atoms with Gasteiger partial charge in [0.05, 0.1) is 16.9 Å². The van der Waals surface area contributed by atoms with E-state index in [1.54, 1.807) is 18.2 Å². The van der Waals surface area contributed by atoms with Crippen LogP contribution in [-0.4, -0.2) is 15.9 Å². The number of carbonyl (C=O) groups is 1. The van der Waals surface area contributed by atoms with Gasteiger partial charge in [0.2, 0.25) is 0 Å². The van der Waals surface area contributed by atoms with E-state index in [0.717, 1.165) is 0 Å². The summed E-state index contributed by atoms with van der Waals surface area (Å²) in [6.07, 6.45) is 1.45. The summed E-state index contributed by atoms with van der Waals surface area (Å²) in [4.78, 5) is 19.0. The van der Waals surface area contributed by atoms with Crippen molar-refractivity contribution in [1.82, 2.24) is 9.97 Å². The molecule has 0 saturated carbocycles. The number of nitrogen functional groups attached to an aromatic ring is 1. The number of hydrogen-bond acceptors (Lipinski definition) is 4. The lowest BCUT2D eigenvalue weighted by Crippen LogP contribution is -2.17. The highest BCUT2D eigenvalue weighted by Crippen LogP contribution is 2.26. The molecule has 1 amide bonds. The zero-order valence-electron chi connectivity index (χ0n) is 8.72. The maximum absolute atomic E-state index is 11.1. The van der Waals surface area contributed by atoms with Crippen molar-refractivity contribution >= 4 is 23.3 Å². The Bertz CT molecular complexity index is 585. The quantitative estimate of drug-likeness (QED) is 0.841. The topological polar surface area (TPSA) is 94.9 Å². The van der Waals surface area contributed by atoms with Gasteiger partial charge in [0.1, 0.15) is 0 Å². The van der Waals surface area contributed by atoms with Crippen LogP contribution in [-0.2, 0) is 0 Å². The van der Waals surface area contributed by atoms with Crippen molar-refractivity contribution in [1.29, 1.82) is 0 Å². The van der Waals surface area contributed by atoms with Crippen LogP contribution in [0.5, 0.6) is 0 Å². The summed E-state index contributed by atoms with van der Waals surface area (Å²) in [5.74, 6) is -0.711. The maximum Gasteiger partial charge on any atom is 0.271 e. The second-order valence-corrected chi connectivity index (χ2v) is 3.74. The summed E-state index contributed by atoms with van der Waals surface area (Å²) in [6, 6.07) is 7.10. The highest BCUT2D eigenvalue weighted by molar-refractivity contribution is 6.33. The summed E-state index contributed by atoms with van der Waals surface area (Å²) in [5, 5.41) is 0.516. The number of benzene rings is 1. The minimum atomic E-state index is -0.719. The Balaban J connectivity index is 2.58. The number of anilines is 1. The summed E-state index contributed by atoms with van der Waals surface area (Å²) >= 11 is 6.02. The molecular weight excluding hydrogens is 240 g/mol. The average molecular weight is 249 g/mol. The molecule has 0 saturated heterocycles. The maximum atomic E-state index is 11.1. The van der Waals surface area contributed by atoms with Gasteiger partial charge in [-0.15, -0.1) is 0 Å². The zero-order chi connectivity index (χ0) is 12.4. The molecule has 0 atom stereocenters. The molecule has 0 aliphatic heterocycles.